The average molecular weight is 279 g/mol. The van der Waals surface area contributed by atoms with Crippen LogP contribution in [0.2, 0.25) is 0 Å². The van der Waals surface area contributed by atoms with Crippen molar-refractivity contribution >= 4 is 19.4 Å². The van der Waals surface area contributed by atoms with Crippen LogP contribution in [0.25, 0.3) is 0 Å². The second-order valence-corrected chi connectivity index (χ2v) is 7.13. The third-order valence-corrected chi connectivity index (χ3v) is 5.81. The molecule has 0 N–H and O–H groups in total. The monoisotopic (exact) mass is 279 g/mol. The lowest BCUT2D eigenvalue weighted by Crippen LogP contribution is -2.47. The van der Waals surface area contributed by atoms with Crippen LogP contribution in [0.3, 0.4) is 0 Å². The van der Waals surface area contributed by atoms with Gasteiger partial charge in [-0.15, -0.1) is 0 Å². The lowest BCUT2D eigenvalue weighted by molar-refractivity contribution is 0.239. The molecule has 0 saturated heterocycles. The van der Waals surface area contributed by atoms with Crippen molar-refractivity contribution in [1.82, 2.24) is 0 Å². The molecule has 2 aromatic rings. The molecule has 3 rings (SSSR count). The molecule has 0 heterocycles. The third kappa shape index (κ3) is 3.27. The van der Waals surface area contributed by atoms with Gasteiger partial charge in [-0.1, -0.05) is 72.8 Å². The number of hydrogen-bond donors (Lipinski definition) is 0. The molecule has 0 saturated carbocycles. The SMILES string of the molecule is C1=CC(O[Si](c2ccccc2)c2ccccc2)CCC1. The molecule has 1 unspecified atom stereocenters. The number of allylic oxidation sites excluding steroid dienone is 1. The minimum absolute atomic E-state index is 0.276. The van der Waals surface area contributed by atoms with E-state index in [1.54, 1.807) is 0 Å². The van der Waals surface area contributed by atoms with Crippen LogP contribution >= 0.6 is 0 Å². The van der Waals surface area contributed by atoms with E-state index >= 15 is 0 Å². The normalized spacial score (nSPS) is 18.4. The van der Waals surface area contributed by atoms with Crippen LogP contribution in [0.5, 0.6) is 0 Å². The quantitative estimate of drug-likeness (QED) is 0.618. The van der Waals surface area contributed by atoms with Crippen LogP contribution in [0, 0.1) is 0 Å². The van der Waals surface area contributed by atoms with Crippen molar-refractivity contribution in [2.45, 2.75) is 25.4 Å². The summed E-state index contributed by atoms with van der Waals surface area (Å²) in [4.78, 5) is 0. The van der Waals surface area contributed by atoms with Crippen LogP contribution in [0.1, 0.15) is 19.3 Å². The van der Waals surface area contributed by atoms with Gasteiger partial charge < -0.3 is 4.43 Å². The van der Waals surface area contributed by atoms with E-state index in [1.165, 1.54) is 23.2 Å². The summed E-state index contributed by atoms with van der Waals surface area (Å²) in [5.41, 5.74) is 0. The summed E-state index contributed by atoms with van der Waals surface area (Å²) in [6, 6.07) is 21.3. The second kappa shape index (κ2) is 6.68. The molecular formula is C18H19OSi. The maximum absolute atomic E-state index is 6.48. The maximum atomic E-state index is 6.48. The molecule has 1 aliphatic rings. The Kier molecular flexibility index (Phi) is 4.46. The summed E-state index contributed by atoms with van der Waals surface area (Å²) in [7, 11) is -1.15. The molecule has 101 valence electrons. The zero-order valence-corrected chi connectivity index (χ0v) is 12.5. The molecule has 1 atom stereocenters. The number of rotatable bonds is 4. The van der Waals surface area contributed by atoms with Crippen molar-refractivity contribution in [2.24, 2.45) is 0 Å². The van der Waals surface area contributed by atoms with Crippen molar-refractivity contribution < 1.29 is 4.43 Å². The van der Waals surface area contributed by atoms with E-state index in [4.69, 9.17) is 4.43 Å². The maximum Gasteiger partial charge on any atom is 0.283 e. The van der Waals surface area contributed by atoms with Crippen LogP contribution < -0.4 is 10.4 Å². The van der Waals surface area contributed by atoms with E-state index in [0.717, 1.165) is 6.42 Å². The van der Waals surface area contributed by atoms with Gasteiger partial charge in [0.25, 0.3) is 9.04 Å². The molecule has 2 aromatic carbocycles. The van der Waals surface area contributed by atoms with Gasteiger partial charge in [-0.3, -0.25) is 0 Å². The Balaban J connectivity index is 1.87. The Morgan fingerprint density at radius 2 is 1.45 bits per heavy atom. The van der Waals surface area contributed by atoms with Crippen molar-refractivity contribution in [3.63, 3.8) is 0 Å². The summed E-state index contributed by atoms with van der Waals surface area (Å²) < 4.78 is 6.48. The first-order valence-corrected chi connectivity index (χ1v) is 8.65. The highest BCUT2D eigenvalue weighted by molar-refractivity contribution is 6.80. The molecule has 0 spiro atoms. The number of benzene rings is 2. The predicted octanol–water partition coefficient (Wildman–Crippen LogP) is 2.92. The Bertz CT molecular complexity index is 511. The fourth-order valence-electron chi connectivity index (χ4n) is 2.51. The molecule has 1 radical (unpaired) electrons. The minimum atomic E-state index is -1.15. The van der Waals surface area contributed by atoms with E-state index in [0.29, 0.717) is 0 Å². The van der Waals surface area contributed by atoms with Crippen LogP contribution in [-0.4, -0.2) is 15.1 Å². The van der Waals surface area contributed by atoms with Gasteiger partial charge >= 0.3 is 0 Å². The zero-order valence-electron chi connectivity index (χ0n) is 11.5. The van der Waals surface area contributed by atoms with Crippen LogP contribution in [0.4, 0.5) is 0 Å². The van der Waals surface area contributed by atoms with Gasteiger partial charge in [0.15, 0.2) is 0 Å². The standard InChI is InChI=1S/C18H19OSi/c1-4-10-16(11-5-1)19-20(17-12-6-2-7-13-17)18-14-8-3-9-15-18/h2-4,6-10,12-16H,1,5,11H2. The molecule has 1 nitrogen and oxygen atoms in total. The van der Waals surface area contributed by atoms with Gasteiger partial charge in [0.1, 0.15) is 0 Å². The van der Waals surface area contributed by atoms with E-state index < -0.39 is 9.04 Å². The second-order valence-electron chi connectivity index (χ2n) is 5.08. The van der Waals surface area contributed by atoms with E-state index in [1.807, 2.05) is 0 Å². The van der Waals surface area contributed by atoms with E-state index in [9.17, 15) is 0 Å². The minimum Gasteiger partial charge on any atom is -0.401 e. The smallest absolute Gasteiger partial charge is 0.283 e. The Morgan fingerprint density at radius 3 is 1.95 bits per heavy atom. The Morgan fingerprint density at radius 1 is 0.850 bits per heavy atom. The molecule has 0 amide bonds. The topological polar surface area (TPSA) is 9.23 Å². The lowest BCUT2D eigenvalue weighted by atomic mass is 10.1. The highest BCUT2D eigenvalue weighted by Gasteiger charge is 2.22. The first-order valence-electron chi connectivity index (χ1n) is 7.24. The highest BCUT2D eigenvalue weighted by atomic mass is 28.3. The molecule has 0 aromatic heterocycles. The molecule has 2 heteroatoms. The lowest BCUT2D eigenvalue weighted by Gasteiger charge is -2.23. The summed E-state index contributed by atoms with van der Waals surface area (Å²) >= 11 is 0. The first kappa shape index (κ1) is 13.3. The average Bonchev–Trinajstić information content (AvgIpc) is 2.55. The zero-order chi connectivity index (χ0) is 13.6. The van der Waals surface area contributed by atoms with Gasteiger partial charge in [0.2, 0.25) is 0 Å². The third-order valence-electron chi connectivity index (χ3n) is 3.55. The summed E-state index contributed by atoms with van der Waals surface area (Å²) in [6.45, 7) is 0. The van der Waals surface area contributed by atoms with Crippen molar-refractivity contribution in [3.8, 4) is 0 Å². The summed E-state index contributed by atoms with van der Waals surface area (Å²) in [6.07, 6.45) is 8.34. The largest absolute Gasteiger partial charge is 0.401 e. The van der Waals surface area contributed by atoms with Gasteiger partial charge in [0, 0.05) is 0 Å². The van der Waals surface area contributed by atoms with Crippen molar-refractivity contribution in [1.29, 1.82) is 0 Å². The van der Waals surface area contributed by atoms with Gasteiger partial charge in [0.05, 0.1) is 6.10 Å². The summed E-state index contributed by atoms with van der Waals surface area (Å²) in [5, 5.41) is 2.64. The van der Waals surface area contributed by atoms with E-state index in [-0.39, 0.29) is 6.10 Å². The Labute approximate surface area is 122 Å². The fraction of sp³-hybridized carbons (Fsp3) is 0.222. The summed E-state index contributed by atoms with van der Waals surface area (Å²) in [5.74, 6) is 0. The van der Waals surface area contributed by atoms with Crippen molar-refractivity contribution in [3.05, 3.63) is 72.8 Å². The predicted molar refractivity (Wildman–Crippen MR) is 85.8 cm³/mol. The van der Waals surface area contributed by atoms with Gasteiger partial charge in [-0.25, -0.2) is 0 Å². The molecule has 20 heavy (non-hydrogen) atoms. The van der Waals surface area contributed by atoms with Crippen molar-refractivity contribution in [2.75, 3.05) is 0 Å². The molecule has 1 aliphatic carbocycles. The van der Waals surface area contributed by atoms with Gasteiger partial charge in [-0.2, -0.15) is 0 Å². The molecule has 0 fully saturated rings. The molecule has 0 aliphatic heterocycles. The molecular weight excluding hydrogens is 260 g/mol. The first-order chi connectivity index (χ1) is 9.93. The van der Waals surface area contributed by atoms with Gasteiger partial charge in [-0.05, 0) is 29.6 Å². The highest BCUT2D eigenvalue weighted by Crippen LogP contribution is 2.14. The van der Waals surface area contributed by atoms with E-state index in [2.05, 4.69) is 72.8 Å². The fourth-order valence-corrected chi connectivity index (χ4v) is 4.61. The van der Waals surface area contributed by atoms with Crippen LogP contribution in [0.15, 0.2) is 72.8 Å². The Hall–Kier alpha value is -1.64. The number of hydrogen-bond acceptors (Lipinski definition) is 1. The molecule has 0 bridgehead atoms. The van der Waals surface area contributed by atoms with Crippen LogP contribution in [-0.2, 0) is 4.43 Å².